The third-order valence-electron chi connectivity index (χ3n) is 0.973. The van der Waals surface area contributed by atoms with Gasteiger partial charge in [0.2, 0.25) is 0 Å². The van der Waals surface area contributed by atoms with Gasteiger partial charge in [-0.25, -0.2) is 4.79 Å². The van der Waals surface area contributed by atoms with Crippen LogP contribution in [0.25, 0.3) is 0 Å². The van der Waals surface area contributed by atoms with Crippen molar-refractivity contribution in [1.82, 2.24) is 0 Å². The number of hydrogen-bond acceptors (Lipinski definition) is 4. The second-order valence-corrected chi connectivity index (χ2v) is 3.11. The molecule has 4 nitrogen and oxygen atoms in total. The first kappa shape index (κ1) is 10.9. The highest BCUT2D eigenvalue weighted by atomic mass is 127. The number of alkyl halides is 1. The van der Waals surface area contributed by atoms with Crippen molar-refractivity contribution in [3.05, 3.63) is 12.2 Å². The molecule has 11 heavy (non-hydrogen) atoms. The number of esters is 1. The lowest BCUT2D eigenvalue weighted by Crippen LogP contribution is -2.27. The van der Waals surface area contributed by atoms with Crippen LogP contribution in [-0.4, -0.2) is 28.3 Å². The summed E-state index contributed by atoms with van der Waals surface area (Å²) in [6.07, 6.45) is 2.58. The predicted molar refractivity (Wildman–Crippen MR) is 49.2 cm³/mol. The zero-order chi connectivity index (χ0) is 8.85. The fourth-order valence-corrected chi connectivity index (χ4v) is 0.589. The standard InChI is InChI=1S/C6H10INO3/c1-11-5(9)3-2-4(8)6(7)10/h2-4,6,10H,8H2,1H3/b3-2+/t4-,6?/m0/s1. The predicted octanol–water partition coefficient (Wildman–Crippen LogP) is -0.204. The topological polar surface area (TPSA) is 72.5 Å². The molecular weight excluding hydrogens is 261 g/mol. The average molecular weight is 271 g/mol. The lowest BCUT2D eigenvalue weighted by atomic mass is 10.3. The van der Waals surface area contributed by atoms with E-state index in [4.69, 9.17) is 10.8 Å². The van der Waals surface area contributed by atoms with Crippen LogP contribution in [0.2, 0.25) is 0 Å². The lowest BCUT2D eigenvalue weighted by Gasteiger charge is -2.06. The van der Waals surface area contributed by atoms with Gasteiger partial charge in [-0.3, -0.25) is 0 Å². The second-order valence-electron chi connectivity index (χ2n) is 1.83. The Morgan fingerprint density at radius 3 is 2.73 bits per heavy atom. The summed E-state index contributed by atoms with van der Waals surface area (Å²) < 4.78 is 3.63. The smallest absolute Gasteiger partial charge is 0.330 e. The molecule has 0 spiro atoms. The van der Waals surface area contributed by atoms with Crippen LogP contribution in [0.5, 0.6) is 0 Å². The molecule has 0 radical (unpaired) electrons. The number of aliphatic hydroxyl groups excluding tert-OH is 1. The molecule has 5 heteroatoms. The molecule has 0 aliphatic heterocycles. The fraction of sp³-hybridized carbons (Fsp3) is 0.500. The van der Waals surface area contributed by atoms with Gasteiger partial charge in [0.25, 0.3) is 0 Å². The Kier molecular flexibility index (Phi) is 5.43. The van der Waals surface area contributed by atoms with Gasteiger partial charge in [0.1, 0.15) is 4.11 Å². The quantitative estimate of drug-likeness (QED) is 0.322. The van der Waals surface area contributed by atoms with Crippen LogP contribution >= 0.6 is 22.6 Å². The van der Waals surface area contributed by atoms with Crippen LogP contribution in [0.4, 0.5) is 0 Å². The van der Waals surface area contributed by atoms with Crippen LogP contribution in [0.1, 0.15) is 0 Å². The van der Waals surface area contributed by atoms with Crippen LogP contribution < -0.4 is 5.73 Å². The highest BCUT2D eigenvalue weighted by Crippen LogP contribution is 2.00. The van der Waals surface area contributed by atoms with Gasteiger partial charge in [0.15, 0.2) is 0 Å². The molecule has 0 heterocycles. The van der Waals surface area contributed by atoms with Crippen molar-refractivity contribution in [2.24, 2.45) is 5.73 Å². The number of carbonyl (C=O) groups is 1. The van der Waals surface area contributed by atoms with E-state index >= 15 is 0 Å². The molecule has 64 valence electrons. The minimum absolute atomic E-state index is 0.475. The first-order chi connectivity index (χ1) is 5.07. The van der Waals surface area contributed by atoms with Crippen molar-refractivity contribution in [3.63, 3.8) is 0 Å². The molecule has 3 N–H and O–H groups in total. The molecule has 0 aromatic rings. The molecule has 0 amide bonds. The van der Waals surface area contributed by atoms with Crippen molar-refractivity contribution in [1.29, 1.82) is 0 Å². The normalized spacial score (nSPS) is 16.4. The molecular formula is C6H10INO3. The Bertz CT molecular complexity index is 158. The summed E-state index contributed by atoms with van der Waals surface area (Å²) in [6.45, 7) is 0. The SMILES string of the molecule is COC(=O)/C=C/[C@H](N)C(O)I. The van der Waals surface area contributed by atoms with E-state index in [-0.39, 0.29) is 0 Å². The van der Waals surface area contributed by atoms with Gasteiger partial charge in [-0.1, -0.05) is 6.08 Å². The first-order valence-corrected chi connectivity index (χ1v) is 4.16. The maximum Gasteiger partial charge on any atom is 0.330 e. The highest BCUT2D eigenvalue weighted by molar-refractivity contribution is 14.1. The van der Waals surface area contributed by atoms with E-state index in [0.29, 0.717) is 0 Å². The molecule has 0 aromatic heterocycles. The van der Waals surface area contributed by atoms with Gasteiger partial charge >= 0.3 is 5.97 Å². The highest BCUT2D eigenvalue weighted by Gasteiger charge is 2.06. The maximum absolute atomic E-state index is 10.5. The molecule has 0 aromatic carbocycles. The van der Waals surface area contributed by atoms with Crippen molar-refractivity contribution < 1.29 is 14.6 Å². The van der Waals surface area contributed by atoms with Crippen molar-refractivity contribution >= 4 is 28.6 Å². The first-order valence-electron chi connectivity index (χ1n) is 2.91. The number of hydrogen-bond donors (Lipinski definition) is 2. The Morgan fingerprint density at radius 1 is 1.82 bits per heavy atom. The number of nitrogens with two attached hydrogens (primary N) is 1. The Labute approximate surface area is 78.5 Å². The van der Waals surface area contributed by atoms with E-state index in [1.54, 1.807) is 22.6 Å². The number of ether oxygens (including phenoxy) is 1. The molecule has 0 bridgehead atoms. The summed E-state index contributed by atoms with van der Waals surface area (Å²) in [5.74, 6) is -0.475. The fourth-order valence-electron chi connectivity index (χ4n) is 0.349. The molecule has 1 unspecified atom stereocenters. The van der Waals surface area contributed by atoms with Gasteiger partial charge < -0.3 is 15.6 Å². The average Bonchev–Trinajstić information content (AvgIpc) is 1.99. The monoisotopic (exact) mass is 271 g/mol. The molecule has 0 saturated heterocycles. The van der Waals surface area contributed by atoms with Gasteiger partial charge in [-0.15, -0.1) is 0 Å². The van der Waals surface area contributed by atoms with E-state index in [9.17, 15) is 4.79 Å². The summed E-state index contributed by atoms with van der Waals surface area (Å²) in [4.78, 5) is 10.5. The number of rotatable bonds is 3. The lowest BCUT2D eigenvalue weighted by molar-refractivity contribution is -0.134. The van der Waals surface area contributed by atoms with Gasteiger partial charge in [-0.05, 0) is 22.6 Å². The second kappa shape index (κ2) is 5.50. The molecule has 0 rings (SSSR count). The Morgan fingerprint density at radius 2 is 2.36 bits per heavy atom. The largest absolute Gasteiger partial charge is 0.466 e. The van der Waals surface area contributed by atoms with Gasteiger partial charge in [0, 0.05) is 6.08 Å². The van der Waals surface area contributed by atoms with Crippen molar-refractivity contribution in [2.45, 2.75) is 10.2 Å². The zero-order valence-corrected chi connectivity index (χ0v) is 8.19. The zero-order valence-electron chi connectivity index (χ0n) is 6.03. The Balaban J connectivity index is 3.82. The Hall–Kier alpha value is -0.140. The number of carbonyl (C=O) groups excluding carboxylic acids is 1. The molecule has 0 aliphatic carbocycles. The summed E-state index contributed by atoms with van der Waals surface area (Å²) in [5.41, 5.74) is 5.37. The molecule has 0 fully saturated rings. The maximum atomic E-state index is 10.5. The van der Waals surface area contributed by atoms with E-state index in [1.807, 2.05) is 0 Å². The summed E-state index contributed by atoms with van der Waals surface area (Å²) in [7, 11) is 1.28. The van der Waals surface area contributed by atoms with Crippen LogP contribution in [0.3, 0.4) is 0 Å². The number of halogens is 1. The molecule has 0 saturated carbocycles. The van der Waals surface area contributed by atoms with E-state index in [2.05, 4.69) is 4.74 Å². The number of methoxy groups -OCH3 is 1. The number of aliphatic hydroxyl groups is 1. The van der Waals surface area contributed by atoms with Crippen molar-refractivity contribution in [2.75, 3.05) is 7.11 Å². The third-order valence-corrected chi connectivity index (χ3v) is 1.80. The van der Waals surface area contributed by atoms with Crippen LogP contribution in [0.15, 0.2) is 12.2 Å². The van der Waals surface area contributed by atoms with Gasteiger partial charge in [0.05, 0.1) is 13.2 Å². The summed E-state index contributed by atoms with van der Waals surface area (Å²) in [6, 6.07) is -0.533. The minimum Gasteiger partial charge on any atom is -0.466 e. The van der Waals surface area contributed by atoms with E-state index < -0.39 is 16.1 Å². The van der Waals surface area contributed by atoms with Crippen LogP contribution in [-0.2, 0) is 9.53 Å². The summed E-state index contributed by atoms with van der Waals surface area (Å²) >= 11 is 1.75. The third kappa shape index (κ3) is 5.16. The molecule has 2 atom stereocenters. The van der Waals surface area contributed by atoms with Crippen LogP contribution in [0, 0.1) is 0 Å². The van der Waals surface area contributed by atoms with Crippen molar-refractivity contribution in [3.8, 4) is 0 Å². The van der Waals surface area contributed by atoms with Gasteiger partial charge in [-0.2, -0.15) is 0 Å². The summed E-state index contributed by atoms with van der Waals surface area (Å²) in [5, 5.41) is 8.86. The van der Waals surface area contributed by atoms with E-state index in [0.717, 1.165) is 0 Å². The molecule has 0 aliphatic rings. The minimum atomic E-state index is -0.687. The van der Waals surface area contributed by atoms with E-state index in [1.165, 1.54) is 19.3 Å².